The molecule has 0 spiro atoms. The second-order valence-electron chi connectivity index (χ2n) is 3.45. The Balaban J connectivity index is 2.64. The molecule has 72 valence electrons. The lowest BCUT2D eigenvalue weighted by Gasteiger charge is -2.06. The van der Waals surface area contributed by atoms with Gasteiger partial charge in [-0.2, -0.15) is 0 Å². The number of hydrogen-bond acceptors (Lipinski definition) is 2. The van der Waals surface area contributed by atoms with E-state index in [0.29, 0.717) is 5.76 Å². The molecule has 1 aliphatic heterocycles. The average Bonchev–Trinajstić information content (AvgIpc) is 2.30. The van der Waals surface area contributed by atoms with Crippen LogP contribution in [0.5, 0.6) is 0 Å². The van der Waals surface area contributed by atoms with Crippen LogP contribution in [0.15, 0.2) is 57.9 Å². The molecule has 0 radical (unpaired) electrons. The predicted octanol–water partition coefficient (Wildman–Crippen LogP) is 2.90. The normalized spacial score (nSPS) is 10.9. The molecule has 0 aromatic heterocycles. The number of benzene rings is 2. The van der Waals surface area contributed by atoms with Crippen LogP contribution in [0.2, 0.25) is 0 Å². The zero-order chi connectivity index (χ0) is 10.3. The molecule has 2 heteroatoms. The van der Waals surface area contributed by atoms with E-state index in [4.69, 9.17) is 4.42 Å². The predicted molar refractivity (Wildman–Crippen MR) is 59.1 cm³/mol. The van der Waals surface area contributed by atoms with Crippen LogP contribution in [-0.4, -0.2) is 0 Å². The summed E-state index contributed by atoms with van der Waals surface area (Å²) >= 11 is 0. The lowest BCUT2D eigenvalue weighted by atomic mass is 10.0. The van der Waals surface area contributed by atoms with Crippen LogP contribution >= 0.6 is 0 Å². The maximum Gasteiger partial charge on any atom is 0.190 e. The van der Waals surface area contributed by atoms with Crippen LogP contribution in [0.25, 0.3) is 22.1 Å². The van der Waals surface area contributed by atoms with Crippen molar-refractivity contribution in [3.8, 4) is 11.3 Å². The molecule has 0 N–H and O–H groups in total. The molecule has 1 heterocycles. The number of hydrogen-bond donors (Lipinski definition) is 0. The highest BCUT2D eigenvalue weighted by Gasteiger charge is 2.09. The summed E-state index contributed by atoms with van der Waals surface area (Å²) in [7, 11) is 0. The molecular weight excluding hydrogens is 188 g/mol. The van der Waals surface area contributed by atoms with Gasteiger partial charge >= 0.3 is 0 Å². The molecule has 0 amide bonds. The summed E-state index contributed by atoms with van der Waals surface area (Å²) in [6.07, 6.45) is 1.58. The van der Waals surface area contributed by atoms with Crippen LogP contribution < -0.4 is 5.43 Å². The average molecular weight is 196 g/mol. The summed E-state index contributed by atoms with van der Waals surface area (Å²) in [4.78, 5) is 11.7. The smallest absolute Gasteiger partial charge is 0.190 e. The van der Waals surface area contributed by atoms with Crippen molar-refractivity contribution < 1.29 is 4.42 Å². The Labute approximate surface area is 86.1 Å². The molecule has 1 aromatic rings. The van der Waals surface area contributed by atoms with E-state index < -0.39 is 0 Å². The monoisotopic (exact) mass is 196 g/mol. The first kappa shape index (κ1) is 8.24. The Kier molecular flexibility index (Phi) is 1.62. The van der Waals surface area contributed by atoms with Gasteiger partial charge in [0.1, 0.15) is 5.76 Å². The third kappa shape index (κ3) is 1.15. The molecule has 2 aliphatic rings. The van der Waals surface area contributed by atoms with Crippen molar-refractivity contribution in [1.29, 1.82) is 0 Å². The van der Waals surface area contributed by atoms with Crippen molar-refractivity contribution in [2.75, 3.05) is 0 Å². The quantitative estimate of drug-likeness (QED) is 0.517. The van der Waals surface area contributed by atoms with Crippen molar-refractivity contribution in [1.82, 2.24) is 0 Å². The van der Waals surface area contributed by atoms with E-state index in [9.17, 15) is 4.79 Å². The summed E-state index contributed by atoms with van der Waals surface area (Å²) in [6.45, 7) is 0. The van der Waals surface area contributed by atoms with Gasteiger partial charge in [-0.1, -0.05) is 24.3 Å². The van der Waals surface area contributed by atoms with E-state index in [2.05, 4.69) is 0 Å². The summed E-state index contributed by atoms with van der Waals surface area (Å²) in [5.74, 6) is 0.640. The highest BCUT2D eigenvalue weighted by molar-refractivity contribution is 5.96. The minimum Gasteiger partial charge on any atom is -0.464 e. The van der Waals surface area contributed by atoms with Crippen molar-refractivity contribution >= 4 is 10.8 Å². The first-order chi connectivity index (χ1) is 7.36. The minimum atomic E-state index is 0.00745. The molecule has 0 unspecified atom stereocenters. The third-order valence-corrected chi connectivity index (χ3v) is 2.55. The van der Waals surface area contributed by atoms with Crippen LogP contribution in [0, 0.1) is 0 Å². The fraction of sp³-hybridized carbons (Fsp3) is 0. The largest absolute Gasteiger partial charge is 0.464 e. The summed E-state index contributed by atoms with van der Waals surface area (Å²) in [6, 6.07) is 12.9. The van der Waals surface area contributed by atoms with Gasteiger partial charge in [0, 0.05) is 17.0 Å². The fourth-order valence-corrected chi connectivity index (χ4v) is 1.86. The Morgan fingerprint density at radius 3 is 2.60 bits per heavy atom. The van der Waals surface area contributed by atoms with E-state index >= 15 is 0 Å². The fourth-order valence-electron chi connectivity index (χ4n) is 1.86. The standard InChI is InChI=1S/C13H8O2/c14-12-8-13-11(6-3-7-15-13)9-4-1-2-5-10(9)12/h1-8H. The van der Waals surface area contributed by atoms with Gasteiger partial charge in [0.25, 0.3) is 0 Å². The molecule has 0 atom stereocenters. The Morgan fingerprint density at radius 2 is 1.73 bits per heavy atom. The van der Waals surface area contributed by atoms with Crippen molar-refractivity contribution in [3.63, 3.8) is 0 Å². The van der Waals surface area contributed by atoms with Crippen molar-refractivity contribution in [2.45, 2.75) is 0 Å². The van der Waals surface area contributed by atoms with E-state index in [1.807, 2.05) is 36.4 Å². The second-order valence-corrected chi connectivity index (χ2v) is 3.45. The molecular formula is C13H8O2. The summed E-state index contributed by atoms with van der Waals surface area (Å²) in [5.41, 5.74) is 0.987. The van der Waals surface area contributed by atoms with E-state index in [-0.39, 0.29) is 5.43 Å². The summed E-state index contributed by atoms with van der Waals surface area (Å²) < 4.78 is 5.30. The van der Waals surface area contributed by atoms with E-state index in [0.717, 1.165) is 16.3 Å². The van der Waals surface area contributed by atoms with Gasteiger partial charge in [0.05, 0.1) is 6.26 Å². The molecule has 1 aromatic carbocycles. The van der Waals surface area contributed by atoms with Crippen molar-refractivity contribution in [3.05, 3.63) is 59.0 Å². The second kappa shape index (κ2) is 2.95. The molecule has 3 rings (SSSR count). The van der Waals surface area contributed by atoms with Gasteiger partial charge in [0.15, 0.2) is 5.43 Å². The molecule has 0 saturated heterocycles. The van der Waals surface area contributed by atoms with Gasteiger partial charge in [-0.3, -0.25) is 4.79 Å². The summed E-state index contributed by atoms with van der Waals surface area (Å²) in [5, 5.41) is 1.69. The Hall–Kier alpha value is -2.09. The van der Waals surface area contributed by atoms with Crippen LogP contribution in [0.4, 0.5) is 0 Å². The minimum absolute atomic E-state index is 0.00745. The molecule has 0 fully saturated rings. The van der Waals surface area contributed by atoms with E-state index in [1.165, 1.54) is 6.07 Å². The van der Waals surface area contributed by atoms with Crippen LogP contribution in [0.3, 0.4) is 0 Å². The molecule has 2 nitrogen and oxygen atoms in total. The van der Waals surface area contributed by atoms with Crippen LogP contribution in [-0.2, 0) is 0 Å². The SMILES string of the molecule is O=c1cc2occcc-2c2ccccc12. The Morgan fingerprint density at radius 1 is 0.933 bits per heavy atom. The van der Waals surface area contributed by atoms with Crippen LogP contribution in [0.1, 0.15) is 0 Å². The van der Waals surface area contributed by atoms with Gasteiger partial charge in [0.2, 0.25) is 0 Å². The molecule has 15 heavy (non-hydrogen) atoms. The van der Waals surface area contributed by atoms with Gasteiger partial charge in [-0.05, 0) is 17.5 Å². The first-order valence-corrected chi connectivity index (χ1v) is 4.75. The van der Waals surface area contributed by atoms with Gasteiger partial charge < -0.3 is 4.42 Å². The highest BCUT2D eigenvalue weighted by atomic mass is 16.3. The molecule has 0 saturated carbocycles. The van der Waals surface area contributed by atoms with Crippen molar-refractivity contribution in [2.24, 2.45) is 0 Å². The lowest BCUT2D eigenvalue weighted by molar-refractivity contribution is 0.566. The first-order valence-electron chi connectivity index (χ1n) is 4.75. The molecule has 1 aliphatic carbocycles. The number of rotatable bonds is 0. The molecule has 0 bridgehead atoms. The zero-order valence-electron chi connectivity index (χ0n) is 7.94. The highest BCUT2D eigenvalue weighted by Crippen LogP contribution is 2.27. The maximum absolute atomic E-state index is 11.7. The van der Waals surface area contributed by atoms with E-state index in [1.54, 1.807) is 6.26 Å². The maximum atomic E-state index is 11.7. The topological polar surface area (TPSA) is 30.2 Å². The third-order valence-electron chi connectivity index (χ3n) is 2.55. The zero-order valence-corrected chi connectivity index (χ0v) is 7.94. The Bertz CT molecular complexity index is 652. The van der Waals surface area contributed by atoms with Gasteiger partial charge in [-0.25, -0.2) is 0 Å². The number of fused-ring (bicyclic) bond motifs is 3. The van der Waals surface area contributed by atoms with Gasteiger partial charge in [-0.15, -0.1) is 0 Å². The lowest BCUT2D eigenvalue weighted by Crippen LogP contribution is -2.01.